The molecule has 0 radical (unpaired) electrons. The summed E-state index contributed by atoms with van der Waals surface area (Å²) in [4.78, 5) is 28.6. The predicted octanol–water partition coefficient (Wildman–Crippen LogP) is 1.46. The molecule has 2 amide bonds. The molecular weight excluding hydrogens is 362 g/mol. The third-order valence-corrected chi connectivity index (χ3v) is 4.34. The van der Waals surface area contributed by atoms with E-state index in [1.807, 2.05) is 11.8 Å². The largest absolute Gasteiger partial charge is 0.480 e. The summed E-state index contributed by atoms with van der Waals surface area (Å²) in [5.74, 6) is -0.804. The average Bonchev–Trinajstić information content (AvgIpc) is 2.59. The molecule has 0 bridgehead atoms. The Morgan fingerprint density at radius 1 is 1.44 bits per heavy atom. The standard InChI is InChI=1S/C17H24F2N4O4/c1-2-23(9-15(24)25)13-6-12(7-13)22-17(26)21-8-11-4-3-5-20-16(11)27-10-14(18)19/h3-5,12-14H,2,6-10H2,1H3,(H,24,25)(H2,21,22,26). The lowest BCUT2D eigenvalue weighted by atomic mass is 9.85. The molecule has 0 saturated heterocycles. The molecule has 0 spiro atoms. The third kappa shape index (κ3) is 6.63. The molecule has 0 aromatic carbocycles. The minimum Gasteiger partial charge on any atom is -0.480 e. The summed E-state index contributed by atoms with van der Waals surface area (Å²) in [5, 5.41) is 14.3. The van der Waals surface area contributed by atoms with E-state index < -0.39 is 19.0 Å². The third-order valence-electron chi connectivity index (χ3n) is 4.34. The number of urea groups is 1. The number of ether oxygens (including phenoxy) is 1. The molecule has 0 aliphatic heterocycles. The summed E-state index contributed by atoms with van der Waals surface area (Å²) in [6.45, 7) is 1.86. The lowest BCUT2D eigenvalue weighted by molar-refractivity contribution is -0.139. The first kappa shape index (κ1) is 20.8. The van der Waals surface area contributed by atoms with Gasteiger partial charge in [0.1, 0.15) is 0 Å². The highest BCUT2D eigenvalue weighted by Gasteiger charge is 2.34. The molecule has 2 rings (SSSR count). The van der Waals surface area contributed by atoms with E-state index in [1.54, 1.807) is 12.1 Å². The number of carbonyl (C=O) groups excluding carboxylic acids is 1. The number of rotatable bonds is 10. The summed E-state index contributed by atoms with van der Waals surface area (Å²) < 4.78 is 29.5. The number of alkyl halides is 2. The van der Waals surface area contributed by atoms with Gasteiger partial charge in [-0.15, -0.1) is 0 Å². The van der Waals surface area contributed by atoms with Crippen LogP contribution in [0, 0.1) is 0 Å². The van der Waals surface area contributed by atoms with E-state index in [0.717, 1.165) is 0 Å². The Labute approximate surface area is 155 Å². The second kappa shape index (κ2) is 10.0. The number of nitrogens with zero attached hydrogens (tertiary/aromatic N) is 2. The number of carbonyl (C=O) groups is 2. The summed E-state index contributed by atoms with van der Waals surface area (Å²) in [6.07, 6.45) is 0.190. The number of aliphatic carboxylic acids is 1. The van der Waals surface area contributed by atoms with Crippen LogP contribution in [0.5, 0.6) is 5.88 Å². The molecule has 27 heavy (non-hydrogen) atoms. The topological polar surface area (TPSA) is 104 Å². The van der Waals surface area contributed by atoms with Crippen molar-refractivity contribution < 1.29 is 28.2 Å². The molecule has 0 unspecified atom stereocenters. The van der Waals surface area contributed by atoms with Crippen molar-refractivity contribution in [2.24, 2.45) is 0 Å². The van der Waals surface area contributed by atoms with Crippen LogP contribution in [-0.2, 0) is 11.3 Å². The Hall–Kier alpha value is -2.49. The molecule has 150 valence electrons. The number of likely N-dealkylation sites (N-methyl/N-ethyl adjacent to an activating group) is 1. The minimum absolute atomic E-state index is 0.0114. The van der Waals surface area contributed by atoms with Gasteiger partial charge in [-0.25, -0.2) is 18.6 Å². The highest BCUT2D eigenvalue weighted by Crippen LogP contribution is 2.25. The Morgan fingerprint density at radius 3 is 2.81 bits per heavy atom. The second-order valence-electron chi connectivity index (χ2n) is 6.28. The van der Waals surface area contributed by atoms with Gasteiger partial charge in [0, 0.05) is 30.4 Å². The summed E-state index contributed by atoms with van der Waals surface area (Å²) in [5.41, 5.74) is 0.499. The van der Waals surface area contributed by atoms with Gasteiger partial charge in [-0.3, -0.25) is 9.69 Å². The number of carboxylic acid groups (broad SMARTS) is 1. The van der Waals surface area contributed by atoms with E-state index in [2.05, 4.69) is 15.6 Å². The molecule has 1 aliphatic rings. The first-order valence-electron chi connectivity index (χ1n) is 8.74. The molecule has 0 atom stereocenters. The molecule has 1 aromatic rings. The van der Waals surface area contributed by atoms with Crippen LogP contribution in [0.4, 0.5) is 13.6 Å². The second-order valence-corrected chi connectivity index (χ2v) is 6.28. The first-order chi connectivity index (χ1) is 12.9. The number of hydrogen-bond donors (Lipinski definition) is 3. The molecule has 10 heteroatoms. The Kier molecular flexibility index (Phi) is 7.71. The van der Waals surface area contributed by atoms with Gasteiger partial charge in [-0.2, -0.15) is 0 Å². The molecule has 8 nitrogen and oxygen atoms in total. The van der Waals surface area contributed by atoms with Crippen molar-refractivity contribution in [1.29, 1.82) is 0 Å². The number of carboxylic acids is 1. The van der Waals surface area contributed by atoms with Crippen LogP contribution in [0.2, 0.25) is 0 Å². The molecule has 1 fully saturated rings. The highest BCUT2D eigenvalue weighted by molar-refractivity contribution is 5.74. The van der Waals surface area contributed by atoms with Gasteiger partial charge >= 0.3 is 12.0 Å². The van der Waals surface area contributed by atoms with E-state index in [4.69, 9.17) is 9.84 Å². The van der Waals surface area contributed by atoms with E-state index >= 15 is 0 Å². The average molecular weight is 386 g/mol. The number of pyridine rings is 1. The van der Waals surface area contributed by atoms with Gasteiger partial charge in [0.25, 0.3) is 6.43 Å². The fourth-order valence-corrected chi connectivity index (χ4v) is 2.92. The highest BCUT2D eigenvalue weighted by atomic mass is 19.3. The normalized spacial score (nSPS) is 18.9. The molecule has 1 aliphatic carbocycles. The van der Waals surface area contributed by atoms with Gasteiger partial charge in [0.05, 0.1) is 6.54 Å². The van der Waals surface area contributed by atoms with Crippen LogP contribution in [-0.4, -0.2) is 65.2 Å². The summed E-state index contributed by atoms with van der Waals surface area (Å²) in [7, 11) is 0. The maximum atomic E-state index is 12.3. The summed E-state index contributed by atoms with van der Waals surface area (Å²) >= 11 is 0. The minimum atomic E-state index is -2.61. The first-order valence-corrected chi connectivity index (χ1v) is 8.74. The van der Waals surface area contributed by atoms with Crippen LogP contribution in [0.3, 0.4) is 0 Å². The molecule has 1 heterocycles. The smallest absolute Gasteiger partial charge is 0.317 e. The zero-order chi connectivity index (χ0) is 19.8. The van der Waals surface area contributed by atoms with Crippen LogP contribution >= 0.6 is 0 Å². The number of nitrogens with one attached hydrogen (secondary N) is 2. The van der Waals surface area contributed by atoms with E-state index in [0.29, 0.717) is 24.9 Å². The van der Waals surface area contributed by atoms with E-state index in [1.165, 1.54) is 6.20 Å². The molecular formula is C17H24F2N4O4. The van der Waals surface area contributed by atoms with E-state index in [-0.39, 0.29) is 37.1 Å². The Bertz CT molecular complexity index is 641. The zero-order valence-corrected chi connectivity index (χ0v) is 15.0. The van der Waals surface area contributed by atoms with Crippen molar-refractivity contribution in [1.82, 2.24) is 20.5 Å². The van der Waals surface area contributed by atoms with Crippen LogP contribution in [0.1, 0.15) is 25.3 Å². The van der Waals surface area contributed by atoms with Gasteiger partial charge in [-0.1, -0.05) is 13.0 Å². The SMILES string of the molecule is CCN(CC(=O)O)C1CC(NC(=O)NCc2cccnc2OCC(F)F)C1. The van der Waals surface area contributed by atoms with Crippen LogP contribution in [0.15, 0.2) is 18.3 Å². The number of aromatic nitrogens is 1. The van der Waals surface area contributed by atoms with Gasteiger partial charge < -0.3 is 20.5 Å². The summed E-state index contributed by atoms with van der Waals surface area (Å²) in [6, 6.07) is 3.00. The van der Waals surface area contributed by atoms with Gasteiger partial charge in [0.15, 0.2) is 6.61 Å². The number of halogens is 2. The quantitative estimate of drug-likeness (QED) is 0.563. The van der Waals surface area contributed by atoms with Crippen LogP contribution < -0.4 is 15.4 Å². The van der Waals surface area contributed by atoms with Crippen molar-refractivity contribution >= 4 is 12.0 Å². The molecule has 3 N–H and O–H groups in total. The molecule has 1 aromatic heterocycles. The lowest BCUT2D eigenvalue weighted by Crippen LogP contribution is -2.56. The predicted molar refractivity (Wildman–Crippen MR) is 92.8 cm³/mol. The molecule has 1 saturated carbocycles. The maximum absolute atomic E-state index is 12.3. The number of amides is 2. The van der Waals surface area contributed by atoms with Gasteiger partial charge in [0.2, 0.25) is 5.88 Å². The van der Waals surface area contributed by atoms with Crippen molar-refractivity contribution in [3.8, 4) is 5.88 Å². The van der Waals surface area contributed by atoms with E-state index in [9.17, 15) is 18.4 Å². The monoisotopic (exact) mass is 386 g/mol. The van der Waals surface area contributed by atoms with Crippen molar-refractivity contribution in [3.05, 3.63) is 23.9 Å². The Balaban J connectivity index is 1.74. The fourth-order valence-electron chi connectivity index (χ4n) is 2.92. The lowest BCUT2D eigenvalue weighted by Gasteiger charge is -2.42. The number of hydrogen-bond acceptors (Lipinski definition) is 5. The zero-order valence-electron chi connectivity index (χ0n) is 15.0. The van der Waals surface area contributed by atoms with Crippen molar-refractivity contribution in [3.63, 3.8) is 0 Å². The van der Waals surface area contributed by atoms with Crippen molar-refractivity contribution in [2.75, 3.05) is 19.7 Å². The van der Waals surface area contributed by atoms with Crippen molar-refractivity contribution in [2.45, 2.75) is 44.8 Å². The van der Waals surface area contributed by atoms with Crippen LogP contribution in [0.25, 0.3) is 0 Å². The fraction of sp³-hybridized carbons (Fsp3) is 0.588. The Morgan fingerprint density at radius 2 is 2.19 bits per heavy atom. The van der Waals surface area contributed by atoms with Gasteiger partial charge in [-0.05, 0) is 25.5 Å². The maximum Gasteiger partial charge on any atom is 0.317 e.